The first-order valence-corrected chi connectivity index (χ1v) is 7.66. The first-order chi connectivity index (χ1) is 9.45. The Bertz CT molecular complexity index is 432. The highest BCUT2D eigenvalue weighted by Gasteiger charge is 2.23. The van der Waals surface area contributed by atoms with Gasteiger partial charge in [0.1, 0.15) is 6.54 Å². The number of aliphatic carboxylic acids is 1. The minimum atomic E-state index is -1.00. The van der Waals surface area contributed by atoms with Crippen molar-refractivity contribution in [3.63, 3.8) is 0 Å². The highest BCUT2D eigenvalue weighted by molar-refractivity contribution is 7.10. The van der Waals surface area contributed by atoms with Crippen molar-refractivity contribution >= 4 is 23.3 Å². The molecule has 0 spiro atoms. The van der Waals surface area contributed by atoms with E-state index >= 15 is 0 Å². The summed E-state index contributed by atoms with van der Waals surface area (Å²) in [7, 11) is 0. The van der Waals surface area contributed by atoms with E-state index in [1.165, 1.54) is 4.90 Å². The predicted octanol–water partition coefficient (Wildman–Crippen LogP) is 3.09. The first-order valence-electron chi connectivity index (χ1n) is 6.78. The van der Waals surface area contributed by atoms with E-state index in [1.54, 1.807) is 11.3 Å². The average Bonchev–Trinajstić information content (AvgIpc) is 2.88. The summed E-state index contributed by atoms with van der Waals surface area (Å²) in [5.41, 5.74) is 0. The highest BCUT2D eigenvalue weighted by Crippen LogP contribution is 2.23. The second-order valence-electron chi connectivity index (χ2n) is 4.92. The number of hydrogen-bond donors (Lipinski definition) is 2. The number of thiophene rings is 1. The highest BCUT2D eigenvalue weighted by atomic mass is 32.1. The van der Waals surface area contributed by atoms with E-state index in [1.807, 2.05) is 31.4 Å². The number of nitrogens with one attached hydrogen (secondary N) is 1. The molecule has 5 nitrogen and oxygen atoms in total. The van der Waals surface area contributed by atoms with Gasteiger partial charge in [-0.15, -0.1) is 11.3 Å². The van der Waals surface area contributed by atoms with E-state index in [4.69, 9.17) is 5.11 Å². The zero-order valence-corrected chi connectivity index (χ0v) is 12.9. The quantitative estimate of drug-likeness (QED) is 0.812. The lowest BCUT2D eigenvalue weighted by Crippen LogP contribution is -2.47. The summed E-state index contributed by atoms with van der Waals surface area (Å²) in [6.07, 6.45) is 1.79. The number of carbonyl (C=O) groups excluding carboxylic acids is 1. The molecule has 0 bridgehead atoms. The lowest BCUT2D eigenvalue weighted by molar-refractivity contribution is -0.138. The average molecular weight is 298 g/mol. The Morgan fingerprint density at radius 3 is 2.60 bits per heavy atom. The Morgan fingerprint density at radius 1 is 1.45 bits per heavy atom. The maximum absolute atomic E-state index is 12.3. The Kier molecular flexibility index (Phi) is 6.51. The molecule has 1 aromatic heterocycles. The molecule has 0 radical (unpaired) electrons. The minimum absolute atomic E-state index is 0.0532. The molecular formula is C14H22N2O3S. The molecule has 1 unspecified atom stereocenters. The first kappa shape index (κ1) is 16.5. The smallest absolute Gasteiger partial charge is 0.323 e. The van der Waals surface area contributed by atoms with E-state index in [9.17, 15) is 9.59 Å². The number of carboxylic acids is 1. The Balaban J connectivity index is 2.75. The molecule has 20 heavy (non-hydrogen) atoms. The molecule has 2 amide bonds. The third-order valence-electron chi connectivity index (χ3n) is 2.95. The molecule has 1 atom stereocenters. The fraction of sp³-hybridized carbons (Fsp3) is 0.571. The summed E-state index contributed by atoms with van der Waals surface area (Å²) in [5, 5.41) is 13.8. The molecule has 0 aliphatic heterocycles. The Hall–Kier alpha value is -1.56. The van der Waals surface area contributed by atoms with Crippen LogP contribution in [0.25, 0.3) is 0 Å². The zero-order valence-electron chi connectivity index (χ0n) is 12.1. The van der Waals surface area contributed by atoms with Gasteiger partial charge in [0.15, 0.2) is 0 Å². The maximum Gasteiger partial charge on any atom is 0.323 e. The van der Waals surface area contributed by atoms with Crippen molar-refractivity contribution in [1.29, 1.82) is 0 Å². The van der Waals surface area contributed by atoms with Crippen LogP contribution in [0.15, 0.2) is 17.5 Å². The van der Waals surface area contributed by atoms with E-state index in [-0.39, 0.29) is 24.7 Å². The molecule has 1 aromatic rings. The van der Waals surface area contributed by atoms with Crippen molar-refractivity contribution < 1.29 is 14.7 Å². The van der Waals surface area contributed by atoms with Gasteiger partial charge in [-0.2, -0.15) is 0 Å². The van der Waals surface area contributed by atoms with Crippen LogP contribution >= 0.6 is 11.3 Å². The molecule has 0 fully saturated rings. The standard InChI is InChI=1S/C14H22N2O3S/c1-4-6-11(12-7-5-8-20-12)15-14(19)16(10(2)3)9-13(17)18/h5,7-8,10-11H,4,6,9H2,1-3H3,(H,15,19)(H,17,18). The van der Waals surface area contributed by atoms with Crippen LogP contribution in [0.3, 0.4) is 0 Å². The van der Waals surface area contributed by atoms with Crippen molar-refractivity contribution in [2.24, 2.45) is 0 Å². The van der Waals surface area contributed by atoms with Crippen LogP contribution in [-0.4, -0.2) is 34.6 Å². The van der Waals surface area contributed by atoms with Crippen LogP contribution in [-0.2, 0) is 4.79 Å². The van der Waals surface area contributed by atoms with Gasteiger partial charge in [-0.05, 0) is 31.7 Å². The van der Waals surface area contributed by atoms with E-state index in [0.717, 1.165) is 17.7 Å². The SMILES string of the molecule is CCCC(NC(=O)N(CC(=O)O)C(C)C)c1cccs1. The molecule has 2 N–H and O–H groups in total. The summed E-state index contributed by atoms with van der Waals surface area (Å²) in [6, 6.07) is 3.41. The molecule has 112 valence electrons. The van der Waals surface area contributed by atoms with E-state index in [2.05, 4.69) is 12.2 Å². The lowest BCUT2D eigenvalue weighted by Gasteiger charge is -2.27. The van der Waals surface area contributed by atoms with Gasteiger partial charge in [-0.3, -0.25) is 4.79 Å². The van der Waals surface area contributed by atoms with Gasteiger partial charge in [-0.1, -0.05) is 19.4 Å². The molecular weight excluding hydrogens is 276 g/mol. The number of amides is 2. The van der Waals surface area contributed by atoms with Crippen molar-refractivity contribution in [1.82, 2.24) is 10.2 Å². The fourth-order valence-electron chi connectivity index (χ4n) is 1.93. The van der Waals surface area contributed by atoms with Gasteiger partial charge in [-0.25, -0.2) is 4.79 Å². The number of nitrogens with zero attached hydrogens (tertiary/aromatic N) is 1. The van der Waals surface area contributed by atoms with Crippen molar-refractivity contribution in [3.8, 4) is 0 Å². The number of carboxylic acid groups (broad SMARTS) is 1. The van der Waals surface area contributed by atoms with Crippen LogP contribution in [0, 0.1) is 0 Å². The van der Waals surface area contributed by atoms with Gasteiger partial charge in [0.05, 0.1) is 6.04 Å². The van der Waals surface area contributed by atoms with Crippen LogP contribution in [0.5, 0.6) is 0 Å². The third-order valence-corrected chi connectivity index (χ3v) is 3.94. The topological polar surface area (TPSA) is 69.6 Å². The maximum atomic E-state index is 12.3. The molecule has 1 heterocycles. The second kappa shape index (κ2) is 7.89. The van der Waals surface area contributed by atoms with Gasteiger partial charge in [0.25, 0.3) is 0 Å². The minimum Gasteiger partial charge on any atom is -0.480 e. The van der Waals surface area contributed by atoms with Gasteiger partial charge >= 0.3 is 12.0 Å². The number of hydrogen-bond acceptors (Lipinski definition) is 3. The summed E-state index contributed by atoms with van der Waals surface area (Å²) >= 11 is 1.60. The summed E-state index contributed by atoms with van der Waals surface area (Å²) in [5.74, 6) is -1.00. The normalized spacial score (nSPS) is 12.2. The third kappa shape index (κ3) is 4.85. The van der Waals surface area contributed by atoms with E-state index in [0.29, 0.717) is 0 Å². The summed E-state index contributed by atoms with van der Waals surface area (Å²) in [6.45, 7) is 5.39. The van der Waals surface area contributed by atoms with Gasteiger partial charge in [0, 0.05) is 10.9 Å². The number of carbonyl (C=O) groups is 2. The molecule has 0 aliphatic rings. The predicted molar refractivity (Wildman–Crippen MR) is 80.0 cm³/mol. The van der Waals surface area contributed by atoms with Crippen molar-refractivity contribution in [2.75, 3.05) is 6.54 Å². The number of urea groups is 1. The molecule has 0 saturated heterocycles. The summed E-state index contributed by atoms with van der Waals surface area (Å²) in [4.78, 5) is 25.5. The monoisotopic (exact) mass is 298 g/mol. The van der Waals surface area contributed by atoms with Gasteiger partial charge in [0.2, 0.25) is 0 Å². The largest absolute Gasteiger partial charge is 0.480 e. The molecule has 0 aliphatic carbocycles. The fourth-order valence-corrected chi connectivity index (χ4v) is 2.74. The van der Waals surface area contributed by atoms with Crippen LogP contribution in [0.1, 0.15) is 44.5 Å². The Morgan fingerprint density at radius 2 is 2.15 bits per heavy atom. The second-order valence-corrected chi connectivity index (χ2v) is 5.90. The zero-order chi connectivity index (χ0) is 15.1. The van der Waals surface area contributed by atoms with Crippen LogP contribution < -0.4 is 5.32 Å². The van der Waals surface area contributed by atoms with Crippen molar-refractivity contribution in [2.45, 2.75) is 45.7 Å². The van der Waals surface area contributed by atoms with E-state index < -0.39 is 5.97 Å². The summed E-state index contributed by atoms with van der Waals surface area (Å²) < 4.78 is 0. The molecule has 1 rings (SSSR count). The van der Waals surface area contributed by atoms with Crippen LogP contribution in [0.4, 0.5) is 4.79 Å². The van der Waals surface area contributed by atoms with Crippen LogP contribution in [0.2, 0.25) is 0 Å². The molecule has 0 aromatic carbocycles. The number of rotatable bonds is 7. The van der Waals surface area contributed by atoms with Gasteiger partial charge < -0.3 is 15.3 Å². The van der Waals surface area contributed by atoms with Crippen molar-refractivity contribution in [3.05, 3.63) is 22.4 Å². The Labute approximate surface area is 123 Å². The molecule has 6 heteroatoms. The lowest BCUT2D eigenvalue weighted by atomic mass is 10.1. The molecule has 0 saturated carbocycles.